The summed E-state index contributed by atoms with van der Waals surface area (Å²) in [4.78, 5) is 3.69. The molecule has 0 bridgehead atoms. The van der Waals surface area contributed by atoms with Crippen molar-refractivity contribution in [2.45, 2.75) is 0 Å². The van der Waals surface area contributed by atoms with Gasteiger partial charge in [-0.3, -0.25) is 0 Å². The van der Waals surface area contributed by atoms with Gasteiger partial charge in [0.05, 0.1) is 0 Å². The van der Waals surface area contributed by atoms with Gasteiger partial charge in [-0.15, -0.1) is 0 Å². The Morgan fingerprint density at radius 2 is 2.67 bits per heavy atom. The van der Waals surface area contributed by atoms with E-state index < -0.39 is 0 Å². The van der Waals surface area contributed by atoms with Gasteiger partial charge < -0.3 is 0 Å². The average molecular weight is 147 g/mol. The number of hydrogen-bond acceptors (Lipinski definition) is 2. The normalized spacial score (nSPS) is 8.67. The number of aromatic nitrogens is 3. The molecular formula is C2H2N3Se. The summed E-state index contributed by atoms with van der Waals surface area (Å²) in [6.45, 7) is 0. The zero-order valence-corrected chi connectivity index (χ0v) is 4.59. The van der Waals surface area contributed by atoms with Gasteiger partial charge in [0.15, 0.2) is 0 Å². The number of nitrogens with one attached hydrogen (secondary N) is 1. The van der Waals surface area contributed by atoms with E-state index in [-0.39, 0.29) is 0 Å². The number of nitrogens with zero attached hydrogens (tertiary/aromatic N) is 2. The van der Waals surface area contributed by atoms with Crippen molar-refractivity contribution in [3.8, 4) is 0 Å². The van der Waals surface area contributed by atoms with E-state index in [1.807, 2.05) is 0 Å². The van der Waals surface area contributed by atoms with E-state index in [1.165, 1.54) is 6.33 Å². The monoisotopic (exact) mass is 148 g/mol. The first-order valence-electron chi connectivity index (χ1n) is 1.42. The summed E-state index contributed by atoms with van der Waals surface area (Å²) in [6.07, 6.45) is 1.45. The Bertz CT molecular complexity index is 112. The van der Waals surface area contributed by atoms with Crippen molar-refractivity contribution in [2.24, 2.45) is 0 Å². The molecule has 0 aromatic carbocycles. The van der Waals surface area contributed by atoms with E-state index in [9.17, 15) is 0 Å². The quantitative estimate of drug-likeness (QED) is 0.458. The molecule has 1 aromatic rings. The van der Waals surface area contributed by atoms with Gasteiger partial charge in [0.2, 0.25) is 0 Å². The first kappa shape index (κ1) is 3.84. The third kappa shape index (κ3) is 0.584. The van der Waals surface area contributed by atoms with Crippen LogP contribution in [0.4, 0.5) is 0 Å². The molecule has 0 saturated carbocycles. The molecule has 1 aromatic heterocycles. The molecule has 0 fully saturated rings. The van der Waals surface area contributed by atoms with Crippen molar-refractivity contribution in [3.63, 3.8) is 0 Å². The molecule has 1 rings (SSSR count). The minimum absolute atomic E-state index is 0.731. The Hall–Kier alpha value is -0.341. The van der Waals surface area contributed by atoms with Crippen LogP contribution < -0.4 is 4.72 Å². The predicted octanol–water partition coefficient (Wildman–Crippen LogP) is -1.40. The van der Waals surface area contributed by atoms with Crippen LogP contribution in [-0.4, -0.2) is 31.2 Å². The summed E-state index contributed by atoms with van der Waals surface area (Å²) in [5.41, 5.74) is 0. The average Bonchev–Trinajstić information content (AvgIpc) is 1.86. The zero-order chi connectivity index (χ0) is 4.41. The number of aromatic amines is 1. The topological polar surface area (TPSA) is 41.6 Å². The fraction of sp³-hybridized carbons (Fsp3) is 0. The van der Waals surface area contributed by atoms with Crippen molar-refractivity contribution < 1.29 is 0 Å². The summed E-state index contributed by atoms with van der Waals surface area (Å²) >= 11 is 2.65. The van der Waals surface area contributed by atoms with Crippen LogP contribution in [0.5, 0.6) is 0 Å². The molecule has 0 aliphatic carbocycles. The van der Waals surface area contributed by atoms with E-state index in [1.54, 1.807) is 0 Å². The third-order valence-corrected chi connectivity index (χ3v) is 0.806. The molecule has 0 amide bonds. The van der Waals surface area contributed by atoms with Crippen molar-refractivity contribution >= 4 is 20.7 Å². The summed E-state index contributed by atoms with van der Waals surface area (Å²) in [5.74, 6) is 0. The summed E-state index contributed by atoms with van der Waals surface area (Å²) in [5, 5.41) is 6.14. The van der Waals surface area contributed by atoms with Crippen LogP contribution in [0.2, 0.25) is 0 Å². The Morgan fingerprint density at radius 1 is 1.83 bits per heavy atom. The molecule has 1 N–H and O–H groups in total. The summed E-state index contributed by atoms with van der Waals surface area (Å²) in [6, 6.07) is 0. The fourth-order valence-electron chi connectivity index (χ4n) is 0.194. The maximum absolute atomic E-state index is 3.69. The van der Waals surface area contributed by atoms with Crippen molar-refractivity contribution in [1.82, 2.24) is 15.2 Å². The van der Waals surface area contributed by atoms with Crippen LogP contribution in [0, 0.1) is 0 Å². The first-order chi connectivity index (χ1) is 2.89. The number of hydrogen-bond donors (Lipinski definition) is 1. The number of H-pyrrole nitrogens is 1. The van der Waals surface area contributed by atoms with Crippen LogP contribution in [0.1, 0.15) is 0 Å². The maximum atomic E-state index is 3.69. The molecule has 0 unspecified atom stereocenters. The fourth-order valence-corrected chi connectivity index (χ4v) is 0.404. The van der Waals surface area contributed by atoms with Gasteiger partial charge in [-0.25, -0.2) is 0 Å². The summed E-state index contributed by atoms with van der Waals surface area (Å²) in [7, 11) is 0. The van der Waals surface area contributed by atoms with Gasteiger partial charge >= 0.3 is 42.2 Å². The molecule has 4 heteroatoms. The van der Waals surface area contributed by atoms with Crippen LogP contribution in [0.3, 0.4) is 0 Å². The van der Waals surface area contributed by atoms with Crippen LogP contribution in [0.15, 0.2) is 6.33 Å². The molecule has 31 valence electrons. The SMILES string of the molecule is [Se]c1ncn[nH]1. The molecule has 0 spiro atoms. The molecule has 1 radical (unpaired) electrons. The molecule has 0 saturated heterocycles. The standard InChI is InChI=1S/C2H2N3Se/c6-2-3-1-4-5-2/h1H,(H,3,4,5). The van der Waals surface area contributed by atoms with Gasteiger partial charge in [-0.1, -0.05) is 0 Å². The van der Waals surface area contributed by atoms with E-state index in [0.717, 1.165) is 4.72 Å². The Kier molecular flexibility index (Phi) is 0.900. The van der Waals surface area contributed by atoms with Crippen molar-refractivity contribution in [1.29, 1.82) is 0 Å². The Balaban J connectivity index is 3.05. The van der Waals surface area contributed by atoms with E-state index >= 15 is 0 Å². The van der Waals surface area contributed by atoms with Crippen molar-refractivity contribution in [2.75, 3.05) is 0 Å². The molecule has 0 aliphatic rings. The molecule has 3 nitrogen and oxygen atoms in total. The van der Waals surface area contributed by atoms with Gasteiger partial charge in [-0.2, -0.15) is 0 Å². The second kappa shape index (κ2) is 1.41. The predicted molar refractivity (Wildman–Crippen MR) is 21.8 cm³/mol. The molecular weight excluding hydrogens is 145 g/mol. The minimum atomic E-state index is 0.731. The van der Waals surface area contributed by atoms with Gasteiger partial charge in [-0.05, 0) is 0 Å². The van der Waals surface area contributed by atoms with Crippen LogP contribution >= 0.6 is 0 Å². The van der Waals surface area contributed by atoms with Gasteiger partial charge in [0.25, 0.3) is 0 Å². The second-order valence-corrected chi connectivity index (χ2v) is 1.60. The molecule has 1 heterocycles. The van der Waals surface area contributed by atoms with E-state index in [0.29, 0.717) is 0 Å². The van der Waals surface area contributed by atoms with E-state index in [4.69, 9.17) is 0 Å². The van der Waals surface area contributed by atoms with Gasteiger partial charge in [0, 0.05) is 0 Å². The Labute approximate surface area is 43.0 Å². The summed E-state index contributed by atoms with van der Waals surface area (Å²) < 4.78 is 0.731. The Morgan fingerprint density at radius 3 is 2.83 bits per heavy atom. The zero-order valence-electron chi connectivity index (χ0n) is 2.88. The van der Waals surface area contributed by atoms with E-state index in [2.05, 4.69) is 31.2 Å². The molecule has 0 atom stereocenters. The first-order valence-corrected chi connectivity index (χ1v) is 2.27. The molecule has 0 aliphatic heterocycles. The third-order valence-electron chi connectivity index (χ3n) is 0.393. The number of rotatable bonds is 0. The molecule has 6 heavy (non-hydrogen) atoms. The van der Waals surface area contributed by atoms with Gasteiger partial charge in [0.1, 0.15) is 0 Å². The van der Waals surface area contributed by atoms with Crippen LogP contribution in [-0.2, 0) is 0 Å². The van der Waals surface area contributed by atoms with Crippen LogP contribution in [0.25, 0.3) is 0 Å². The van der Waals surface area contributed by atoms with Crippen molar-refractivity contribution in [3.05, 3.63) is 6.33 Å². The second-order valence-electron chi connectivity index (χ2n) is 0.791.